The summed E-state index contributed by atoms with van der Waals surface area (Å²) < 4.78 is 5.24. The van der Waals surface area contributed by atoms with Crippen LogP contribution in [0.1, 0.15) is 33.1 Å². The minimum Gasteiger partial charge on any atom is -0.384 e. The first-order chi connectivity index (χ1) is 5.56. The standard InChI is InChI=1S/C10H19BrO/c1-10(2)5-4-9(11)6-8(10)7-12-3/h8-9H,4-7H2,1-3H3. The molecule has 1 fully saturated rings. The largest absolute Gasteiger partial charge is 0.384 e. The summed E-state index contributed by atoms with van der Waals surface area (Å²) in [7, 11) is 1.80. The van der Waals surface area contributed by atoms with Crippen molar-refractivity contribution in [2.45, 2.75) is 37.9 Å². The molecule has 0 spiro atoms. The van der Waals surface area contributed by atoms with Crippen molar-refractivity contribution in [1.29, 1.82) is 0 Å². The lowest BCUT2D eigenvalue weighted by Crippen LogP contribution is -2.34. The Hall–Kier alpha value is 0.440. The molecule has 12 heavy (non-hydrogen) atoms. The molecular formula is C10H19BrO. The van der Waals surface area contributed by atoms with E-state index >= 15 is 0 Å². The molecule has 0 aromatic carbocycles. The Kier molecular flexibility index (Phi) is 3.59. The van der Waals surface area contributed by atoms with Crippen LogP contribution in [0.25, 0.3) is 0 Å². The van der Waals surface area contributed by atoms with Gasteiger partial charge in [0, 0.05) is 18.5 Å². The van der Waals surface area contributed by atoms with Crippen LogP contribution in [0.4, 0.5) is 0 Å². The lowest BCUT2D eigenvalue weighted by molar-refractivity contribution is 0.0512. The molecule has 0 bridgehead atoms. The zero-order valence-electron chi connectivity index (χ0n) is 8.27. The topological polar surface area (TPSA) is 9.23 Å². The molecule has 0 aliphatic heterocycles. The summed E-state index contributed by atoms with van der Waals surface area (Å²) in [6, 6.07) is 0. The second-order valence-electron chi connectivity index (χ2n) is 4.51. The highest BCUT2D eigenvalue weighted by Gasteiger charge is 2.35. The van der Waals surface area contributed by atoms with Crippen molar-refractivity contribution in [3.63, 3.8) is 0 Å². The van der Waals surface area contributed by atoms with Gasteiger partial charge in [-0.25, -0.2) is 0 Å². The minimum absolute atomic E-state index is 0.473. The van der Waals surface area contributed by atoms with E-state index in [0.717, 1.165) is 12.5 Å². The highest BCUT2D eigenvalue weighted by Crippen LogP contribution is 2.42. The van der Waals surface area contributed by atoms with Crippen molar-refractivity contribution in [1.82, 2.24) is 0 Å². The molecule has 1 nitrogen and oxygen atoms in total. The summed E-state index contributed by atoms with van der Waals surface area (Å²) in [5, 5.41) is 0. The van der Waals surface area contributed by atoms with E-state index in [1.54, 1.807) is 7.11 Å². The van der Waals surface area contributed by atoms with Crippen LogP contribution in [0.15, 0.2) is 0 Å². The van der Waals surface area contributed by atoms with E-state index in [-0.39, 0.29) is 0 Å². The molecule has 0 saturated heterocycles. The van der Waals surface area contributed by atoms with E-state index in [9.17, 15) is 0 Å². The van der Waals surface area contributed by atoms with Crippen LogP contribution in [-0.2, 0) is 4.74 Å². The predicted molar refractivity (Wildman–Crippen MR) is 55.7 cm³/mol. The van der Waals surface area contributed by atoms with E-state index in [1.807, 2.05) is 0 Å². The first kappa shape index (κ1) is 10.5. The summed E-state index contributed by atoms with van der Waals surface area (Å²) in [5.74, 6) is 0.723. The van der Waals surface area contributed by atoms with Gasteiger partial charge in [0.25, 0.3) is 0 Å². The van der Waals surface area contributed by atoms with Crippen LogP contribution in [0.3, 0.4) is 0 Å². The van der Waals surface area contributed by atoms with Crippen molar-refractivity contribution in [3.8, 4) is 0 Å². The number of hydrogen-bond acceptors (Lipinski definition) is 1. The van der Waals surface area contributed by atoms with Gasteiger partial charge in [0.2, 0.25) is 0 Å². The molecule has 2 atom stereocenters. The van der Waals surface area contributed by atoms with Crippen LogP contribution in [0, 0.1) is 11.3 Å². The fraction of sp³-hybridized carbons (Fsp3) is 1.00. The molecule has 0 amide bonds. The fourth-order valence-electron chi connectivity index (χ4n) is 1.97. The van der Waals surface area contributed by atoms with Crippen LogP contribution in [0.5, 0.6) is 0 Å². The number of ether oxygens (including phenoxy) is 1. The second-order valence-corrected chi connectivity index (χ2v) is 5.81. The predicted octanol–water partition coefficient (Wildman–Crippen LogP) is 3.22. The van der Waals surface area contributed by atoms with Gasteiger partial charge in [-0.05, 0) is 30.6 Å². The van der Waals surface area contributed by atoms with Crippen LogP contribution < -0.4 is 0 Å². The summed E-state index contributed by atoms with van der Waals surface area (Å²) in [6.45, 7) is 5.63. The normalized spacial score (nSPS) is 35.0. The number of halogens is 1. The van der Waals surface area contributed by atoms with Crippen molar-refractivity contribution in [2.24, 2.45) is 11.3 Å². The Morgan fingerprint density at radius 3 is 2.75 bits per heavy atom. The lowest BCUT2D eigenvalue weighted by Gasteiger charge is -2.40. The Morgan fingerprint density at radius 2 is 2.17 bits per heavy atom. The van der Waals surface area contributed by atoms with Gasteiger partial charge in [-0.15, -0.1) is 0 Å². The van der Waals surface area contributed by atoms with Gasteiger partial charge in [-0.1, -0.05) is 29.8 Å². The molecule has 1 saturated carbocycles. The van der Waals surface area contributed by atoms with Gasteiger partial charge in [-0.2, -0.15) is 0 Å². The third-order valence-corrected chi connectivity index (χ3v) is 3.95. The van der Waals surface area contributed by atoms with Crippen molar-refractivity contribution < 1.29 is 4.74 Å². The minimum atomic E-state index is 0.473. The molecule has 72 valence electrons. The summed E-state index contributed by atoms with van der Waals surface area (Å²) in [6.07, 6.45) is 3.89. The zero-order valence-corrected chi connectivity index (χ0v) is 9.86. The van der Waals surface area contributed by atoms with Gasteiger partial charge in [0.05, 0.1) is 0 Å². The maximum absolute atomic E-state index is 5.24. The van der Waals surface area contributed by atoms with E-state index in [1.165, 1.54) is 19.3 Å². The zero-order chi connectivity index (χ0) is 9.19. The average Bonchev–Trinajstić information content (AvgIpc) is 1.98. The molecule has 1 rings (SSSR count). The smallest absolute Gasteiger partial charge is 0.0495 e. The lowest BCUT2D eigenvalue weighted by atomic mass is 9.69. The van der Waals surface area contributed by atoms with E-state index < -0.39 is 0 Å². The Balaban J connectivity index is 2.52. The van der Waals surface area contributed by atoms with Gasteiger partial charge in [0.1, 0.15) is 0 Å². The first-order valence-corrected chi connectivity index (χ1v) is 5.61. The SMILES string of the molecule is COCC1CC(Br)CCC1(C)C. The molecular weight excluding hydrogens is 216 g/mol. The molecule has 0 aromatic rings. The number of rotatable bonds is 2. The maximum atomic E-state index is 5.24. The van der Waals surface area contributed by atoms with Crippen molar-refractivity contribution >= 4 is 15.9 Å². The summed E-state index contributed by atoms with van der Waals surface area (Å²) in [5.41, 5.74) is 0.473. The Labute approximate surface area is 84.0 Å². The summed E-state index contributed by atoms with van der Waals surface area (Å²) >= 11 is 3.69. The highest BCUT2D eigenvalue weighted by atomic mass is 79.9. The van der Waals surface area contributed by atoms with E-state index in [4.69, 9.17) is 4.74 Å². The third kappa shape index (κ3) is 2.46. The van der Waals surface area contributed by atoms with Gasteiger partial charge >= 0.3 is 0 Å². The Bertz CT molecular complexity index is 145. The van der Waals surface area contributed by atoms with Crippen LogP contribution >= 0.6 is 15.9 Å². The van der Waals surface area contributed by atoms with Crippen LogP contribution in [-0.4, -0.2) is 18.5 Å². The number of methoxy groups -OCH3 is 1. The molecule has 0 radical (unpaired) electrons. The monoisotopic (exact) mass is 234 g/mol. The number of hydrogen-bond donors (Lipinski definition) is 0. The first-order valence-electron chi connectivity index (χ1n) is 4.69. The molecule has 0 heterocycles. The maximum Gasteiger partial charge on any atom is 0.0495 e. The third-order valence-electron chi connectivity index (χ3n) is 3.12. The van der Waals surface area contributed by atoms with E-state index in [2.05, 4.69) is 29.8 Å². The van der Waals surface area contributed by atoms with Crippen molar-refractivity contribution in [2.75, 3.05) is 13.7 Å². The van der Waals surface area contributed by atoms with Gasteiger partial charge in [-0.3, -0.25) is 0 Å². The Morgan fingerprint density at radius 1 is 1.50 bits per heavy atom. The average molecular weight is 235 g/mol. The van der Waals surface area contributed by atoms with Crippen LogP contribution in [0.2, 0.25) is 0 Å². The molecule has 2 unspecified atom stereocenters. The molecule has 0 N–H and O–H groups in total. The number of alkyl halides is 1. The molecule has 2 heteroatoms. The molecule has 1 aliphatic carbocycles. The highest BCUT2D eigenvalue weighted by molar-refractivity contribution is 9.09. The van der Waals surface area contributed by atoms with Gasteiger partial charge in [0.15, 0.2) is 0 Å². The molecule has 0 aromatic heterocycles. The van der Waals surface area contributed by atoms with E-state index in [0.29, 0.717) is 10.2 Å². The molecule has 1 aliphatic rings. The summed E-state index contributed by atoms with van der Waals surface area (Å²) in [4.78, 5) is 0.714. The quantitative estimate of drug-likeness (QED) is 0.668. The van der Waals surface area contributed by atoms with Gasteiger partial charge < -0.3 is 4.74 Å². The second kappa shape index (κ2) is 4.10. The van der Waals surface area contributed by atoms with Crippen molar-refractivity contribution in [3.05, 3.63) is 0 Å². The fourth-order valence-corrected chi connectivity index (χ4v) is 2.65.